The third-order valence-electron chi connectivity index (χ3n) is 3.01. The molecule has 104 valence electrons. The van der Waals surface area contributed by atoms with Gasteiger partial charge in [-0.15, -0.1) is 11.3 Å². The van der Waals surface area contributed by atoms with Gasteiger partial charge < -0.3 is 0 Å². The number of nitrogens with one attached hydrogen (secondary N) is 1. The average molecular weight is 327 g/mol. The van der Waals surface area contributed by atoms with Gasteiger partial charge in [-0.1, -0.05) is 11.6 Å². The Kier molecular flexibility index (Phi) is 3.54. The van der Waals surface area contributed by atoms with E-state index < -0.39 is 9.84 Å². The molecular formula is C13H11ClN2O2S2. The molecule has 1 aliphatic heterocycles. The van der Waals surface area contributed by atoms with Crippen molar-refractivity contribution in [1.82, 2.24) is 0 Å². The van der Waals surface area contributed by atoms with Crippen LogP contribution in [0.2, 0.25) is 5.02 Å². The average Bonchev–Trinajstić information content (AvgIpc) is 2.75. The second-order valence-corrected chi connectivity index (χ2v) is 8.03. The lowest BCUT2D eigenvalue weighted by molar-refractivity contribution is 0.601. The van der Waals surface area contributed by atoms with Crippen LogP contribution in [0.15, 0.2) is 45.0 Å². The lowest BCUT2D eigenvalue weighted by Gasteiger charge is -2.01. The fourth-order valence-electron chi connectivity index (χ4n) is 2.01. The van der Waals surface area contributed by atoms with Crippen LogP contribution in [0.4, 0.5) is 5.69 Å². The fourth-order valence-corrected chi connectivity index (χ4v) is 5.05. The van der Waals surface area contributed by atoms with Crippen LogP contribution in [0.1, 0.15) is 5.56 Å². The standard InChI is InChI=1S/C13H11ClN2O2S2/c14-9-1-3-10(4-2-9)15-16-12-5-7-19-13-11(12)6-8-20(13,17)18/h1-5,7,15H,6,8H2/b16-12+. The summed E-state index contributed by atoms with van der Waals surface area (Å²) in [5.41, 5.74) is 4.53. The smallest absolute Gasteiger partial charge is 0.188 e. The number of fused-ring (bicyclic) bond motifs is 1. The molecule has 1 aliphatic rings. The van der Waals surface area contributed by atoms with Gasteiger partial charge in [0.05, 0.1) is 16.8 Å². The van der Waals surface area contributed by atoms with E-state index in [0.717, 1.165) is 11.3 Å². The van der Waals surface area contributed by atoms with Gasteiger partial charge in [-0.3, -0.25) is 5.43 Å². The van der Waals surface area contributed by atoms with E-state index in [2.05, 4.69) is 10.5 Å². The van der Waals surface area contributed by atoms with Crippen LogP contribution in [0.5, 0.6) is 0 Å². The summed E-state index contributed by atoms with van der Waals surface area (Å²) in [4.78, 5) is 0. The highest BCUT2D eigenvalue weighted by molar-refractivity contribution is 7.93. The zero-order valence-corrected chi connectivity index (χ0v) is 12.7. The maximum absolute atomic E-state index is 11.9. The van der Waals surface area contributed by atoms with Crippen molar-refractivity contribution < 1.29 is 8.42 Å². The minimum Gasteiger partial charge on any atom is -0.278 e. The van der Waals surface area contributed by atoms with E-state index in [4.69, 9.17) is 11.6 Å². The summed E-state index contributed by atoms with van der Waals surface area (Å²) in [7, 11) is -3.10. The molecule has 4 nitrogen and oxygen atoms in total. The highest BCUT2D eigenvalue weighted by Gasteiger charge is 2.27. The zero-order valence-electron chi connectivity index (χ0n) is 10.3. The van der Waals surface area contributed by atoms with Crippen LogP contribution < -0.4 is 10.8 Å². The summed E-state index contributed by atoms with van der Waals surface area (Å²) in [5.74, 6) is 0.173. The second-order valence-electron chi connectivity index (χ2n) is 4.37. The molecule has 1 aromatic heterocycles. The van der Waals surface area contributed by atoms with Gasteiger partial charge >= 0.3 is 0 Å². The van der Waals surface area contributed by atoms with E-state index >= 15 is 0 Å². The zero-order chi connectivity index (χ0) is 14.2. The lowest BCUT2D eigenvalue weighted by atomic mass is 10.2. The monoisotopic (exact) mass is 326 g/mol. The Labute approximate surface area is 125 Å². The first-order valence-corrected chi connectivity index (χ1v) is 8.86. The Balaban J connectivity index is 1.98. The number of rotatable bonds is 2. The SMILES string of the molecule is O=S1(=O)CCc2c1scc/c2=N\Nc1ccc(Cl)cc1. The summed E-state index contributed by atoms with van der Waals surface area (Å²) in [6, 6.07) is 8.98. The van der Waals surface area contributed by atoms with E-state index in [1.54, 1.807) is 17.5 Å². The normalized spacial score (nSPS) is 16.9. The second kappa shape index (κ2) is 5.20. The topological polar surface area (TPSA) is 58.5 Å². The molecule has 2 heterocycles. The summed E-state index contributed by atoms with van der Waals surface area (Å²) < 4.78 is 24.1. The van der Waals surface area contributed by atoms with Crippen LogP contribution >= 0.6 is 22.9 Å². The first kappa shape index (κ1) is 13.6. The molecular weight excluding hydrogens is 316 g/mol. The van der Waals surface area contributed by atoms with Gasteiger partial charge in [-0.05, 0) is 42.1 Å². The number of halogens is 1. The van der Waals surface area contributed by atoms with E-state index in [9.17, 15) is 8.42 Å². The van der Waals surface area contributed by atoms with Gasteiger partial charge in [-0.25, -0.2) is 8.42 Å². The predicted molar refractivity (Wildman–Crippen MR) is 80.7 cm³/mol. The molecule has 1 aromatic carbocycles. The van der Waals surface area contributed by atoms with E-state index in [0.29, 0.717) is 21.0 Å². The van der Waals surface area contributed by atoms with Gasteiger partial charge in [0.25, 0.3) is 0 Å². The van der Waals surface area contributed by atoms with Crippen LogP contribution in [-0.4, -0.2) is 14.2 Å². The lowest BCUT2D eigenvalue weighted by Crippen LogP contribution is -2.10. The van der Waals surface area contributed by atoms with Crippen molar-refractivity contribution in [3.8, 4) is 0 Å². The molecule has 0 aliphatic carbocycles. The Morgan fingerprint density at radius 3 is 2.70 bits per heavy atom. The van der Waals surface area contributed by atoms with Gasteiger partial charge in [0.15, 0.2) is 9.84 Å². The molecule has 0 fully saturated rings. The Morgan fingerprint density at radius 1 is 1.20 bits per heavy atom. The molecule has 7 heteroatoms. The van der Waals surface area contributed by atoms with Crippen molar-refractivity contribution in [3.63, 3.8) is 0 Å². The molecule has 2 aromatic rings. The fraction of sp³-hybridized carbons (Fsp3) is 0.154. The highest BCUT2D eigenvalue weighted by atomic mass is 35.5. The minimum absolute atomic E-state index is 0.173. The molecule has 0 amide bonds. The number of benzene rings is 1. The molecule has 0 unspecified atom stereocenters. The third-order valence-corrected chi connectivity index (χ3v) is 6.60. The minimum atomic E-state index is -3.10. The first-order valence-electron chi connectivity index (χ1n) is 5.95. The summed E-state index contributed by atoms with van der Waals surface area (Å²) in [6.07, 6.45) is 0.524. The first-order chi connectivity index (χ1) is 9.56. The molecule has 20 heavy (non-hydrogen) atoms. The number of anilines is 1. The van der Waals surface area contributed by atoms with Crippen molar-refractivity contribution >= 4 is 38.5 Å². The van der Waals surface area contributed by atoms with Gasteiger partial charge in [-0.2, -0.15) is 5.10 Å². The largest absolute Gasteiger partial charge is 0.278 e. The van der Waals surface area contributed by atoms with Crippen LogP contribution in [-0.2, 0) is 16.3 Å². The molecule has 0 radical (unpaired) electrons. The van der Waals surface area contributed by atoms with Gasteiger partial charge in [0.2, 0.25) is 0 Å². The summed E-state index contributed by atoms with van der Waals surface area (Å²) in [6.45, 7) is 0. The number of hydrogen-bond donors (Lipinski definition) is 1. The highest BCUT2D eigenvalue weighted by Crippen LogP contribution is 2.26. The predicted octanol–water partition coefficient (Wildman–Crippen LogP) is 2.66. The van der Waals surface area contributed by atoms with Gasteiger partial charge in [0, 0.05) is 10.6 Å². The van der Waals surface area contributed by atoms with Crippen molar-refractivity contribution in [2.75, 3.05) is 11.2 Å². The summed E-state index contributed by atoms with van der Waals surface area (Å²) in [5, 5.41) is 7.38. The molecule has 0 atom stereocenters. The maximum Gasteiger partial charge on any atom is 0.188 e. The van der Waals surface area contributed by atoms with Gasteiger partial charge in [0.1, 0.15) is 4.21 Å². The number of nitrogens with zero attached hydrogens (tertiary/aromatic N) is 1. The molecule has 0 saturated carbocycles. The van der Waals surface area contributed by atoms with E-state index in [1.165, 1.54) is 11.3 Å². The van der Waals surface area contributed by atoms with Crippen molar-refractivity contribution in [1.29, 1.82) is 0 Å². The molecule has 0 saturated heterocycles. The van der Waals surface area contributed by atoms with Crippen molar-refractivity contribution in [3.05, 3.63) is 51.7 Å². The summed E-state index contributed by atoms with van der Waals surface area (Å²) >= 11 is 7.07. The van der Waals surface area contributed by atoms with Crippen molar-refractivity contribution in [2.24, 2.45) is 5.10 Å². The quantitative estimate of drug-likeness (QED) is 0.863. The number of hydrogen-bond acceptors (Lipinski definition) is 5. The third kappa shape index (κ3) is 2.59. The van der Waals surface area contributed by atoms with E-state index in [-0.39, 0.29) is 5.75 Å². The van der Waals surface area contributed by atoms with Crippen LogP contribution in [0.3, 0.4) is 0 Å². The Hall–Kier alpha value is -1.37. The van der Waals surface area contributed by atoms with Crippen molar-refractivity contribution in [2.45, 2.75) is 10.6 Å². The molecule has 0 bridgehead atoms. The number of sulfone groups is 1. The Morgan fingerprint density at radius 2 is 1.95 bits per heavy atom. The Bertz CT molecular complexity index is 811. The van der Waals surface area contributed by atoms with Crippen LogP contribution in [0, 0.1) is 0 Å². The molecule has 3 rings (SSSR count). The van der Waals surface area contributed by atoms with Crippen LogP contribution in [0.25, 0.3) is 0 Å². The molecule has 1 N–H and O–H groups in total. The van der Waals surface area contributed by atoms with E-state index in [1.807, 2.05) is 18.2 Å². The maximum atomic E-state index is 11.9. The molecule has 0 spiro atoms.